The van der Waals surface area contributed by atoms with Gasteiger partial charge in [0.2, 0.25) is 5.89 Å². The highest BCUT2D eigenvalue weighted by Crippen LogP contribution is 2.42. The summed E-state index contributed by atoms with van der Waals surface area (Å²) in [5, 5.41) is 2.18. The molecule has 0 saturated carbocycles. The summed E-state index contributed by atoms with van der Waals surface area (Å²) in [6.45, 7) is 5.09. The number of oxazole rings is 1. The number of carbonyl (C=O) groups is 1. The van der Waals surface area contributed by atoms with Crippen LogP contribution in [0.5, 0.6) is 0 Å². The first-order valence-corrected chi connectivity index (χ1v) is 11.8. The third kappa shape index (κ3) is 4.20. The molecule has 32 heavy (non-hydrogen) atoms. The molecule has 0 fully saturated rings. The van der Waals surface area contributed by atoms with Crippen molar-refractivity contribution in [3.8, 4) is 11.5 Å². The Kier molecular flexibility index (Phi) is 6.20. The molecule has 3 aromatic carbocycles. The van der Waals surface area contributed by atoms with Gasteiger partial charge >= 0.3 is 5.97 Å². The maximum atomic E-state index is 14.6. The number of nitrogens with zero attached hydrogens (tertiary/aromatic N) is 1. The van der Waals surface area contributed by atoms with E-state index in [4.69, 9.17) is 9.15 Å². The molecule has 4 aromatic rings. The summed E-state index contributed by atoms with van der Waals surface area (Å²) in [5.41, 5.74) is 0.683. The zero-order valence-electron chi connectivity index (χ0n) is 17.5. The minimum absolute atomic E-state index is 0.357. The van der Waals surface area contributed by atoms with Gasteiger partial charge in [-0.25, -0.2) is 9.78 Å². The molecule has 1 aromatic heterocycles. The van der Waals surface area contributed by atoms with Gasteiger partial charge in [-0.15, -0.1) is 0 Å². The van der Waals surface area contributed by atoms with Crippen LogP contribution in [0.25, 0.3) is 11.5 Å². The van der Waals surface area contributed by atoms with Crippen LogP contribution in [0.15, 0.2) is 108 Å². The van der Waals surface area contributed by atoms with Crippen LogP contribution < -0.4 is 15.9 Å². The molecular weight excluding hydrogens is 421 g/mol. The second-order valence-corrected chi connectivity index (χ2v) is 9.95. The number of esters is 1. The Morgan fingerprint density at radius 1 is 0.969 bits per heavy atom. The summed E-state index contributed by atoms with van der Waals surface area (Å²) in [4.78, 5) is 15.8. The van der Waals surface area contributed by atoms with Crippen molar-refractivity contribution in [3.05, 3.63) is 110 Å². The standard InChI is InChI=1S/C26H22NO4P/c1-3-25(28)30-19(2)24-18-27-26(31-24)20-11-10-16-23(17-20)32(29,21-12-6-4-7-13-21)22-14-8-5-9-15-22/h3-19H,1H2,2H3. The average Bonchev–Trinajstić information content (AvgIpc) is 3.35. The van der Waals surface area contributed by atoms with E-state index in [0.29, 0.717) is 22.5 Å². The van der Waals surface area contributed by atoms with Crippen molar-refractivity contribution in [1.82, 2.24) is 4.98 Å². The minimum Gasteiger partial charge on any atom is -0.451 e. The molecule has 0 aliphatic carbocycles. The summed E-state index contributed by atoms with van der Waals surface area (Å²) in [6.07, 6.45) is 2.02. The second kappa shape index (κ2) is 9.21. The number of benzene rings is 3. The fraction of sp³-hybridized carbons (Fsp3) is 0.0769. The van der Waals surface area contributed by atoms with E-state index in [2.05, 4.69) is 11.6 Å². The van der Waals surface area contributed by atoms with Gasteiger partial charge in [-0.05, 0) is 19.1 Å². The van der Waals surface area contributed by atoms with Crippen LogP contribution in [0.3, 0.4) is 0 Å². The molecule has 0 radical (unpaired) electrons. The molecule has 0 aliphatic heterocycles. The lowest BCUT2D eigenvalue weighted by Crippen LogP contribution is -2.25. The number of rotatable bonds is 7. The molecule has 0 amide bonds. The van der Waals surface area contributed by atoms with Gasteiger partial charge in [0.1, 0.15) is 0 Å². The van der Waals surface area contributed by atoms with Crippen LogP contribution in [0.4, 0.5) is 0 Å². The first kappa shape index (κ1) is 21.5. The SMILES string of the molecule is C=CC(=O)OC(C)c1cnc(-c2cccc(P(=O)(c3ccccc3)c3ccccc3)c2)o1. The zero-order chi connectivity index (χ0) is 22.6. The Labute approximate surface area is 186 Å². The van der Waals surface area contributed by atoms with E-state index < -0.39 is 19.2 Å². The first-order chi connectivity index (χ1) is 15.5. The highest BCUT2D eigenvalue weighted by molar-refractivity contribution is 7.85. The largest absolute Gasteiger partial charge is 0.451 e. The van der Waals surface area contributed by atoms with Crippen molar-refractivity contribution in [2.75, 3.05) is 0 Å². The molecule has 1 unspecified atom stereocenters. The maximum absolute atomic E-state index is 14.6. The van der Waals surface area contributed by atoms with Crippen LogP contribution in [0, 0.1) is 0 Å². The molecule has 0 N–H and O–H groups in total. The van der Waals surface area contributed by atoms with E-state index in [9.17, 15) is 9.36 Å². The van der Waals surface area contributed by atoms with Crippen LogP contribution in [0.1, 0.15) is 18.8 Å². The molecular formula is C26H22NO4P. The Hall–Kier alpha value is -3.69. The summed E-state index contributed by atoms with van der Waals surface area (Å²) in [6, 6.07) is 26.3. The lowest BCUT2D eigenvalue weighted by molar-refractivity contribution is -0.143. The molecule has 0 saturated heterocycles. The molecule has 0 spiro atoms. The van der Waals surface area contributed by atoms with Gasteiger partial charge in [0, 0.05) is 27.6 Å². The molecule has 1 heterocycles. The molecule has 160 valence electrons. The van der Waals surface area contributed by atoms with E-state index in [0.717, 1.165) is 16.7 Å². The zero-order valence-corrected chi connectivity index (χ0v) is 18.4. The first-order valence-electron chi connectivity index (χ1n) is 10.1. The van der Waals surface area contributed by atoms with Crippen molar-refractivity contribution in [2.24, 2.45) is 0 Å². The maximum Gasteiger partial charge on any atom is 0.330 e. The summed E-state index contributed by atoms with van der Waals surface area (Å²) >= 11 is 0. The summed E-state index contributed by atoms with van der Waals surface area (Å²) in [5.74, 6) is 0.232. The lowest BCUT2D eigenvalue weighted by Gasteiger charge is -2.20. The van der Waals surface area contributed by atoms with E-state index in [1.165, 1.54) is 6.20 Å². The summed E-state index contributed by atoms with van der Waals surface area (Å²) < 4.78 is 25.6. The van der Waals surface area contributed by atoms with Gasteiger partial charge in [-0.2, -0.15) is 0 Å². The highest BCUT2D eigenvalue weighted by Gasteiger charge is 2.30. The van der Waals surface area contributed by atoms with Crippen LogP contribution in [0.2, 0.25) is 0 Å². The Balaban J connectivity index is 1.75. The monoisotopic (exact) mass is 443 g/mol. The van der Waals surface area contributed by atoms with Gasteiger partial charge in [0.25, 0.3) is 0 Å². The van der Waals surface area contributed by atoms with Crippen LogP contribution >= 0.6 is 7.14 Å². The summed E-state index contributed by atoms with van der Waals surface area (Å²) in [7, 11) is -3.11. The van der Waals surface area contributed by atoms with E-state index in [1.54, 1.807) is 6.92 Å². The number of hydrogen-bond acceptors (Lipinski definition) is 5. The Bertz CT molecular complexity index is 1240. The molecule has 4 rings (SSSR count). The van der Waals surface area contributed by atoms with E-state index in [-0.39, 0.29) is 0 Å². The third-order valence-electron chi connectivity index (χ3n) is 5.08. The molecule has 6 heteroatoms. The number of hydrogen-bond donors (Lipinski definition) is 0. The smallest absolute Gasteiger partial charge is 0.330 e. The van der Waals surface area contributed by atoms with Gasteiger partial charge in [0.05, 0.1) is 6.20 Å². The van der Waals surface area contributed by atoms with Gasteiger partial charge in [0.15, 0.2) is 19.0 Å². The predicted molar refractivity (Wildman–Crippen MR) is 126 cm³/mol. The van der Waals surface area contributed by atoms with E-state index in [1.807, 2.05) is 84.9 Å². The Morgan fingerprint density at radius 2 is 1.56 bits per heavy atom. The molecule has 0 bridgehead atoms. The quantitative estimate of drug-likeness (QED) is 0.234. The average molecular weight is 443 g/mol. The van der Waals surface area contributed by atoms with Gasteiger partial charge < -0.3 is 13.7 Å². The molecule has 5 nitrogen and oxygen atoms in total. The third-order valence-corrected chi connectivity index (χ3v) is 8.14. The molecule has 0 aliphatic rings. The minimum atomic E-state index is -3.11. The van der Waals surface area contributed by atoms with Crippen molar-refractivity contribution < 1.29 is 18.5 Å². The Morgan fingerprint density at radius 3 is 2.16 bits per heavy atom. The van der Waals surface area contributed by atoms with Crippen LogP contribution in [-0.2, 0) is 14.1 Å². The lowest BCUT2D eigenvalue weighted by atomic mass is 10.2. The van der Waals surface area contributed by atoms with Crippen molar-refractivity contribution >= 4 is 29.0 Å². The number of carbonyl (C=O) groups excluding carboxylic acids is 1. The van der Waals surface area contributed by atoms with Gasteiger partial charge in [-0.3, -0.25) is 0 Å². The fourth-order valence-corrected chi connectivity index (χ4v) is 6.14. The second-order valence-electron chi connectivity index (χ2n) is 7.18. The normalized spacial score (nSPS) is 12.2. The molecule has 1 atom stereocenters. The van der Waals surface area contributed by atoms with E-state index >= 15 is 0 Å². The van der Waals surface area contributed by atoms with Crippen molar-refractivity contribution in [3.63, 3.8) is 0 Å². The van der Waals surface area contributed by atoms with Gasteiger partial charge in [-0.1, -0.05) is 79.4 Å². The van der Waals surface area contributed by atoms with Crippen molar-refractivity contribution in [2.45, 2.75) is 13.0 Å². The number of aromatic nitrogens is 1. The van der Waals surface area contributed by atoms with Crippen LogP contribution in [-0.4, -0.2) is 11.0 Å². The number of ether oxygens (including phenoxy) is 1. The fourth-order valence-electron chi connectivity index (χ4n) is 3.45. The topological polar surface area (TPSA) is 69.4 Å². The van der Waals surface area contributed by atoms with Crippen molar-refractivity contribution in [1.29, 1.82) is 0 Å². The highest BCUT2D eigenvalue weighted by atomic mass is 31.2. The predicted octanol–water partition coefficient (Wildman–Crippen LogP) is 4.77.